The van der Waals surface area contributed by atoms with Gasteiger partial charge < -0.3 is 10.1 Å². The van der Waals surface area contributed by atoms with Crippen molar-refractivity contribution in [3.63, 3.8) is 0 Å². The molecule has 1 rings (SSSR count). The second kappa shape index (κ2) is 6.49. The minimum Gasteiger partial charge on any atom is -0.376 e. The van der Waals surface area contributed by atoms with E-state index in [1.807, 2.05) is 0 Å². The van der Waals surface area contributed by atoms with Gasteiger partial charge in [-0.05, 0) is 52.0 Å². The fourth-order valence-electron chi connectivity index (χ4n) is 2.19. The third kappa shape index (κ3) is 5.53. The van der Waals surface area contributed by atoms with E-state index in [1.165, 1.54) is 25.7 Å². The Morgan fingerprint density at radius 2 is 1.67 bits per heavy atom. The van der Waals surface area contributed by atoms with Crippen LogP contribution in [0.5, 0.6) is 0 Å². The van der Waals surface area contributed by atoms with Crippen LogP contribution in [0.15, 0.2) is 0 Å². The Labute approximate surface area is 94.8 Å². The summed E-state index contributed by atoms with van der Waals surface area (Å²) in [4.78, 5) is 0. The molecule has 0 bridgehead atoms. The molecule has 0 aromatic heterocycles. The van der Waals surface area contributed by atoms with E-state index in [0.29, 0.717) is 12.2 Å². The van der Waals surface area contributed by atoms with Gasteiger partial charge >= 0.3 is 0 Å². The smallest absolute Gasteiger partial charge is 0.0579 e. The molecule has 0 aromatic carbocycles. The Morgan fingerprint density at radius 1 is 1.07 bits per heavy atom. The summed E-state index contributed by atoms with van der Waals surface area (Å²) in [5.74, 6) is 0.759. The Morgan fingerprint density at radius 3 is 2.13 bits per heavy atom. The highest BCUT2D eigenvalue weighted by atomic mass is 16.5. The second-order valence-corrected chi connectivity index (χ2v) is 5.46. The maximum atomic E-state index is 5.84. The molecule has 0 atom stereocenters. The molecule has 1 aliphatic carbocycles. The Balaban J connectivity index is 2.12. The summed E-state index contributed by atoms with van der Waals surface area (Å²) in [6.45, 7) is 9.94. The van der Waals surface area contributed by atoms with Crippen LogP contribution in [0.4, 0.5) is 0 Å². The molecule has 0 amide bonds. The molecule has 1 N–H and O–H groups in total. The fourth-order valence-corrected chi connectivity index (χ4v) is 2.19. The molecule has 0 unspecified atom stereocenters. The second-order valence-electron chi connectivity index (χ2n) is 5.46. The van der Waals surface area contributed by atoms with E-state index >= 15 is 0 Å². The molecule has 1 saturated carbocycles. The van der Waals surface area contributed by atoms with E-state index < -0.39 is 0 Å². The molecule has 1 aliphatic rings. The molecule has 0 radical (unpaired) electrons. The minimum absolute atomic E-state index is 0.384. The van der Waals surface area contributed by atoms with Crippen LogP contribution in [0.1, 0.15) is 53.4 Å². The van der Waals surface area contributed by atoms with Crippen LogP contribution in [0.2, 0.25) is 0 Å². The Bertz CT molecular complexity index is 160. The average Bonchev–Trinajstić information content (AvgIpc) is 2.16. The van der Waals surface area contributed by atoms with Gasteiger partial charge in [0, 0.05) is 6.04 Å². The molecule has 15 heavy (non-hydrogen) atoms. The SMILES string of the molecule is CC(C)CNC1CCC(OC(C)C)CC1. The largest absolute Gasteiger partial charge is 0.376 e. The zero-order valence-electron chi connectivity index (χ0n) is 10.8. The highest BCUT2D eigenvalue weighted by molar-refractivity contribution is 4.78. The Hall–Kier alpha value is -0.0800. The van der Waals surface area contributed by atoms with E-state index in [1.54, 1.807) is 0 Å². The van der Waals surface area contributed by atoms with Crippen molar-refractivity contribution in [2.24, 2.45) is 5.92 Å². The van der Waals surface area contributed by atoms with Crippen molar-refractivity contribution in [1.29, 1.82) is 0 Å². The summed E-state index contributed by atoms with van der Waals surface area (Å²) in [7, 11) is 0. The number of hydrogen-bond donors (Lipinski definition) is 1. The van der Waals surface area contributed by atoms with Crippen LogP contribution in [0, 0.1) is 5.92 Å². The standard InChI is InChI=1S/C13H27NO/c1-10(2)9-14-12-5-7-13(8-6-12)15-11(3)4/h10-14H,5-9H2,1-4H3. The summed E-state index contributed by atoms with van der Waals surface area (Å²) < 4.78 is 5.84. The zero-order valence-corrected chi connectivity index (χ0v) is 10.8. The van der Waals surface area contributed by atoms with Crippen LogP contribution >= 0.6 is 0 Å². The topological polar surface area (TPSA) is 21.3 Å². The molecular weight excluding hydrogens is 186 g/mol. The monoisotopic (exact) mass is 213 g/mol. The van der Waals surface area contributed by atoms with Crippen LogP contribution in [0.3, 0.4) is 0 Å². The molecule has 1 fully saturated rings. The third-order valence-electron chi connectivity index (χ3n) is 2.95. The van der Waals surface area contributed by atoms with Crippen LogP contribution in [0.25, 0.3) is 0 Å². The van der Waals surface area contributed by atoms with Gasteiger partial charge in [-0.1, -0.05) is 13.8 Å². The van der Waals surface area contributed by atoms with Crippen LogP contribution in [-0.4, -0.2) is 24.8 Å². The van der Waals surface area contributed by atoms with Gasteiger partial charge in [0.15, 0.2) is 0 Å². The van der Waals surface area contributed by atoms with E-state index in [2.05, 4.69) is 33.0 Å². The number of hydrogen-bond acceptors (Lipinski definition) is 2. The van der Waals surface area contributed by atoms with Gasteiger partial charge in [0.25, 0.3) is 0 Å². The van der Waals surface area contributed by atoms with Crippen molar-refractivity contribution in [2.45, 2.75) is 71.6 Å². The third-order valence-corrected chi connectivity index (χ3v) is 2.95. The van der Waals surface area contributed by atoms with Crippen LogP contribution in [-0.2, 0) is 4.74 Å². The van der Waals surface area contributed by atoms with E-state index in [9.17, 15) is 0 Å². The van der Waals surface area contributed by atoms with Crippen LogP contribution < -0.4 is 5.32 Å². The van der Waals surface area contributed by atoms with Crippen molar-refractivity contribution < 1.29 is 4.74 Å². The normalized spacial score (nSPS) is 27.6. The van der Waals surface area contributed by atoms with Gasteiger partial charge in [0.2, 0.25) is 0 Å². The maximum Gasteiger partial charge on any atom is 0.0579 e. The van der Waals surface area contributed by atoms with Gasteiger partial charge in [-0.15, -0.1) is 0 Å². The first-order valence-corrected chi connectivity index (χ1v) is 6.46. The first-order valence-electron chi connectivity index (χ1n) is 6.46. The molecule has 0 heterocycles. The fraction of sp³-hybridized carbons (Fsp3) is 1.00. The van der Waals surface area contributed by atoms with Crippen molar-refractivity contribution in [2.75, 3.05) is 6.54 Å². The van der Waals surface area contributed by atoms with Gasteiger partial charge in [-0.3, -0.25) is 0 Å². The summed E-state index contributed by atoms with van der Waals surface area (Å²) in [5, 5.41) is 3.64. The zero-order chi connectivity index (χ0) is 11.3. The molecular formula is C13H27NO. The van der Waals surface area contributed by atoms with Gasteiger partial charge in [-0.25, -0.2) is 0 Å². The maximum absolute atomic E-state index is 5.84. The molecule has 2 heteroatoms. The van der Waals surface area contributed by atoms with Crippen molar-refractivity contribution in [1.82, 2.24) is 5.32 Å². The van der Waals surface area contributed by atoms with Crippen molar-refractivity contribution in [3.05, 3.63) is 0 Å². The average molecular weight is 213 g/mol. The molecule has 90 valence electrons. The van der Waals surface area contributed by atoms with Crippen molar-refractivity contribution >= 4 is 0 Å². The molecule has 2 nitrogen and oxygen atoms in total. The molecule has 0 aromatic rings. The van der Waals surface area contributed by atoms with Gasteiger partial charge in [0.1, 0.15) is 0 Å². The Kier molecular flexibility index (Phi) is 5.62. The van der Waals surface area contributed by atoms with E-state index in [4.69, 9.17) is 4.74 Å². The minimum atomic E-state index is 0.384. The molecule has 0 aliphatic heterocycles. The lowest BCUT2D eigenvalue weighted by Gasteiger charge is -2.30. The van der Waals surface area contributed by atoms with Gasteiger partial charge in [0.05, 0.1) is 12.2 Å². The quantitative estimate of drug-likeness (QED) is 0.758. The highest BCUT2D eigenvalue weighted by Crippen LogP contribution is 2.22. The lowest BCUT2D eigenvalue weighted by Crippen LogP contribution is -2.37. The first-order chi connectivity index (χ1) is 7.08. The molecule has 0 spiro atoms. The van der Waals surface area contributed by atoms with Crippen molar-refractivity contribution in [3.8, 4) is 0 Å². The van der Waals surface area contributed by atoms with Gasteiger partial charge in [-0.2, -0.15) is 0 Å². The highest BCUT2D eigenvalue weighted by Gasteiger charge is 2.21. The summed E-state index contributed by atoms with van der Waals surface area (Å²) in [5.41, 5.74) is 0. The lowest BCUT2D eigenvalue weighted by molar-refractivity contribution is -0.0162. The number of nitrogens with one attached hydrogen (secondary N) is 1. The summed E-state index contributed by atoms with van der Waals surface area (Å²) >= 11 is 0. The predicted molar refractivity (Wildman–Crippen MR) is 65.1 cm³/mol. The lowest BCUT2D eigenvalue weighted by atomic mass is 9.92. The van der Waals surface area contributed by atoms with E-state index in [-0.39, 0.29) is 0 Å². The first kappa shape index (κ1) is 13.0. The summed E-state index contributed by atoms with van der Waals surface area (Å²) in [6, 6.07) is 0.736. The predicted octanol–water partition coefficient (Wildman–Crippen LogP) is 2.97. The van der Waals surface area contributed by atoms with E-state index in [0.717, 1.165) is 18.5 Å². The molecule has 0 saturated heterocycles. The summed E-state index contributed by atoms with van der Waals surface area (Å²) in [6.07, 6.45) is 5.92. The number of ether oxygens (including phenoxy) is 1. The number of rotatable bonds is 5.